The first-order valence-electron chi connectivity index (χ1n) is 8.95. The van der Waals surface area contributed by atoms with Gasteiger partial charge in [-0.3, -0.25) is 14.5 Å². The van der Waals surface area contributed by atoms with Gasteiger partial charge in [-0.2, -0.15) is 0 Å². The molecule has 1 unspecified atom stereocenters. The molecular weight excluding hydrogens is 306 g/mol. The highest BCUT2D eigenvalue weighted by atomic mass is 15.2. The summed E-state index contributed by atoms with van der Waals surface area (Å²) in [6.45, 7) is 5.54. The van der Waals surface area contributed by atoms with Gasteiger partial charge >= 0.3 is 0 Å². The first-order chi connectivity index (χ1) is 12.2. The predicted molar refractivity (Wildman–Crippen MR) is 103 cm³/mol. The van der Waals surface area contributed by atoms with Crippen LogP contribution in [0.4, 0.5) is 0 Å². The van der Waals surface area contributed by atoms with Crippen LogP contribution in [0.2, 0.25) is 0 Å². The molecule has 0 saturated carbocycles. The average molecular weight is 329 g/mol. The van der Waals surface area contributed by atoms with Crippen LogP contribution in [-0.2, 0) is 6.42 Å². The SMILES string of the molecule is CCC1c2c(c3cc(C)ccc3n2C#Cc2ccncc2)CCN1C. The Kier molecular flexibility index (Phi) is 4.07. The Morgan fingerprint density at radius 1 is 1.20 bits per heavy atom. The molecule has 0 amide bonds. The Balaban J connectivity index is 1.97. The Morgan fingerprint density at radius 3 is 2.76 bits per heavy atom. The van der Waals surface area contributed by atoms with E-state index in [0.717, 1.165) is 24.9 Å². The summed E-state index contributed by atoms with van der Waals surface area (Å²) in [5.41, 5.74) is 6.38. The van der Waals surface area contributed by atoms with Crippen LogP contribution < -0.4 is 0 Å². The number of nitrogens with zero attached hydrogens (tertiary/aromatic N) is 3. The van der Waals surface area contributed by atoms with Gasteiger partial charge in [0.1, 0.15) is 0 Å². The van der Waals surface area contributed by atoms with Crippen LogP contribution in [0.3, 0.4) is 0 Å². The number of benzene rings is 1. The number of hydrogen-bond acceptors (Lipinski definition) is 2. The minimum Gasteiger partial charge on any atom is -0.298 e. The van der Waals surface area contributed by atoms with Crippen LogP contribution in [-0.4, -0.2) is 28.0 Å². The second kappa shape index (κ2) is 6.38. The van der Waals surface area contributed by atoms with E-state index in [0.29, 0.717) is 6.04 Å². The van der Waals surface area contributed by atoms with Crippen molar-refractivity contribution in [1.29, 1.82) is 0 Å². The van der Waals surface area contributed by atoms with Crippen molar-refractivity contribution in [2.75, 3.05) is 13.6 Å². The molecular formula is C22H23N3. The summed E-state index contributed by atoms with van der Waals surface area (Å²) in [6, 6.07) is 14.5. The number of aromatic nitrogens is 2. The number of aryl methyl sites for hydroxylation is 1. The second-order valence-corrected chi connectivity index (χ2v) is 6.85. The zero-order valence-corrected chi connectivity index (χ0v) is 15.1. The molecule has 0 bridgehead atoms. The van der Waals surface area contributed by atoms with Crippen LogP contribution in [0.15, 0.2) is 42.7 Å². The zero-order chi connectivity index (χ0) is 17.4. The number of fused-ring (bicyclic) bond motifs is 3. The first kappa shape index (κ1) is 15.9. The average Bonchev–Trinajstić information content (AvgIpc) is 2.93. The van der Waals surface area contributed by atoms with Crippen LogP contribution in [0.1, 0.15) is 41.8 Å². The van der Waals surface area contributed by atoms with Gasteiger partial charge in [-0.25, -0.2) is 0 Å². The Labute approximate surface area is 149 Å². The number of pyridine rings is 1. The molecule has 0 radical (unpaired) electrons. The molecule has 0 aliphatic carbocycles. The van der Waals surface area contributed by atoms with Crippen molar-refractivity contribution in [2.24, 2.45) is 0 Å². The molecule has 3 nitrogen and oxygen atoms in total. The fourth-order valence-corrected chi connectivity index (χ4v) is 3.94. The summed E-state index contributed by atoms with van der Waals surface area (Å²) >= 11 is 0. The minimum absolute atomic E-state index is 0.420. The van der Waals surface area contributed by atoms with Gasteiger partial charge in [-0.1, -0.05) is 18.6 Å². The molecule has 3 heterocycles. The van der Waals surface area contributed by atoms with Crippen LogP contribution in [0.5, 0.6) is 0 Å². The van der Waals surface area contributed by atoms with Crippen LogP contribution >= 0.6 is 0 Å². The number of rotatable bonds is 1. The summed E-state index contributed by atoms with van der Waals surface area (Å²) in [5.74, 6) is 3.32. The maximum Gasteiger partial charge on any atom is 0.0618 e. The van der Waals surface area contributed by atoms with E-state index in [4.69, 9.17) is 0 Å². The van der Waals surface area contributed by atoms with Gasteiger partial charge in [-0.05, 0) is 62.6 Å². The van der Waals surface area contributed by atoms with Crippen molar-refractivity contribution in [3.63, 3.8) is 0 Å². The highest BCUT2D eigenvalue weighted by Crippen LogP contribution is 2.37. The summed E-state index contributed by atoms with van der Waals surface area (Å²) in [6.07, 6.45) is 5.76. The van der Waals surface area contributed by atoms with Gasteiger partial charge in [0.25, 0.3) is 0 Å². The lowest BCUT2D eigenvalue weighted by atomic mass is 9.96. The summed E-state index contributed by atoms with van der Waals surface area (Å²) < 4.78 is 2.23. The van der Waals surface area contributed by atoms with E-state index in [-0.39, 0.29) is 0 Å². The maximum atomic E-state index is 4.07. The monoisotopic (exact) mass is 329 g/mol. The Hall–Kier alpha value is -2.57. The van der Waals surface area contributed by atoms with E-state index in [1.165, 1.54) is 27.7 Å². The lowest BCUT2D eigenvalue weighted by Gasteiger charge is -2.32. The van der Waals surface area contributed by atoms with E-state index in [1.807, 2.05) is 12.1 Å². The molecule has 1 aliphatic rings. The van der Waals surface area contributed by atoms with E-state index in [1.54, 1.807) is 12.4 Å². The Morgan fingerprint density at radius 2 is 2.00 bits per heavy atom. The lowest BCUT2D eigenvalue weighted by Crippen LogP contribution is -2.32. The molecule has 3 heteroatoms. The van der Waals surface area contributed by atoms with Crippen molar-refractivity contribution in [1.82, 2.24) is 14.5 Å². The molecule has 126 valence electrons. The quantitative estimate of drug-likeness (QED) is 0.626. The fourth-order valence-electron chi connectivity index (χ4n) is 3.94. The van der Waals surface area contributed by atoms with E-state index >= 15 is 0 Å². The largest absolute Gasteiger partial charge is 0.298 e. The third-order valence-electron chi connectivity index (χ3n) is 5.21. The van der Waals surface area contributed by atoms with Gasteiger partial charge in [0.15, 0.2) is 0 Å². The molecule has 25 heavy (non-hydrogen) atoms. The first-order valence-corrected chi connectivity index (χ1v) is 8.95. The fraction of sp³-hybridized carbons (Fsp3) is 0.318. The highest BCUT2D eigenvalue weighted by Gasteiger charge is 2.29. The normalized spacial score (nSPS) is 17.2. The third-order valence-corrected chi connectivity index (χ3v) is 5.21. The van der Waals surface area contributed by atoms with Crippen LogP contribution in [0.25, 0.3) is 10.9 Å². The lowest BCUT2D eigenvalue weighted by molar-refractivity contribution is 0.219. The molecule has 1 atom stereocenters. The molecule has 4 rings (SSSR count). The van der Waals surface area contributed by atoms with Gasteiger partial charge in [-0.15, -0.1) is 0 Å². The number of likely N-dealkylation sites (N-methyl/N-ethyl adjacent to an activating group) is 1. The zero-order valence-electron chi connectivity index (χ0n) is 15.1. The number of hydrogen-bond donors (Lipinski definition) is 0. The van der Waals surface area contributed by atoms with Gasteiger partial charge in [0.05, 0.1) is 17.3 Å². The van der Waals surface area contributed by atoms with Crippen molar-refractivity contribution >= 4 is 10.9 Å². The maximum absolute atomic E-state index is 4.07. The Bertz CT molecular complexity index is 973. The van der Waals surface area contributed by atoms with Crippen LogP contribution in [0, 0.1) is 18.9 Å². The predicted octanol–water partition coefficient (Wildman–Crippen LogP) is 4.14. The standard InChI is InChI=1S/C22H23N3/c1-4-20-22-18(10-13-24(20)3)19-15-16(2)5-6-21(19)25(22)14-9-17-7-11-23-12-8-17/h5-8,11-12,15,20H,4,10,13H2,1-3H3. The van der Waals surface area contributed by atoms with E-state index in [2.05, 4.69) is 65.5 Å². The van der Waals surface area contributed by atoms with E-state index in [9.17, 15) is 0 Å². The molecule has 0 fully saturated rings. The van der Waals surface area contributed by atoms with Gasteiger partial charge in [0.2, 0.25) is 0 Å². The van der Waals surface area contributed by atoms with Crippen molar-refractivity contribution in [3.8, 4) is 12.0 Å². The molecule has 1 aliphatic heterocycles. The topological polar surface area (TPSA) is 21.1 Å². The molecule has 3 aromatic rings. The molecule has 1 aromatic carbocycles. The molecule has 0 spiro atoms. The summed E-state index contributed by atoms with van der Waals surface area (Å²) in [7, 11) is 2.22. The molecule has 2 aromatic heterocycles. The summed E-state index contributed by atoms with van der Waals surface area (Å²) in [5, 5.41) is 1.37. The summed E-state index contributed by atoms with van der Waals surface area (Å²) in [4.78, 5) is 6.53. The van der Waals surface area contributed by atoms with Crippen molar-refractivity contribution in [3.05, 3.63) is 65.1 Å². The van der Waals surface area contributed by atoms with Crippen molar-refractivity contribution in [2.45, 2.75) is 32.7 Å². The van der Waals surface area contributed by atoms with E-state index < -0.39 is 0 Å². The molecule has 0 saturated heterocycles. The smallest absolute Gasteiger partial charge is 0.0618 e. The van der Waals surface area contributed by atoms with Gasteiger partial charge in [0, 0.05) is 35.9 Å². The highest BCUT2D eigenvalue weighted by molar-refractivity contribution is 5.87. The van der Waals surface area contributed by atoms with Gasteiger partial charge < -0.3 is 0 Å². The minimum atomic E-state index is 0.420. The van der Waals surface area contributed by atoms with Crippen molar-refractivity contribution < 1.29 is 0 Å². The third kappa shape index (κ3) is 2.73. The second-order valence-electron chi connectivity index (χ2n) is 6.85. The molecule has 0 N–H and O–H groups in total.